The first-order chi connectivity index (χ1) is 14.4. The molecule has 1 aliphatic heterocycles. The molecule has 2 aromatic carbocycles. The molecule has 0 unspecified atom stereocenters. The van der Waals surface area contributed by atoms with Gasteiger partial charge in [-0.15, -0.1) is 0 Å². The van der Waals surface area contributed by atoms with E-state index in [1.165, 1.54) is 0 Å². The molecule has 1 heterocycles. The van der Waals surface area contributed by atoms with E-state index in [9.17, 15) is 9.59 Å². The van der Waals surface area contributed by atoms with Crippen molar-refractivity contribution in [2.75, 3.05) is 44.6 Å². The lowest BCUT2D eigenvalue weighted by Gasteiger charge is -2.34. The molecule has 0 aromatic heterocycles. The maximum atomic E-state index is 12.4. The molecular formula is C22H25Cl2N3O3. The summed E-state index contributed by atoms with van der Waals surface area (Å²) in [5, 5.41) is 4.01. The molecule has 0 spiro atoms. The summed E-state index contributed by atoms with van der Waals surface area (Å²) in [5.74, 6) is -0.439. The van der Waals surface area contributed by atoms with Gasteiger partial charge in [0.15, 0.2) is 0 Å². The molecule has 1 aliphatic rings. The third kappa shape index (κ3) is 6.44. The van der Waals surface area contributed by atoms with E-state index in [4.69, 9.17) is 27.9 Å². The van der Waals surface area contributed by atoms with E-state index in [-0.39, 0.29) is 11.9 Å². The van der Waals surface area contributed by atoms with Crippen molar-refractivity contribution >= 4 is 40.8 Å². The molecule has 0 saturated carbocycles. The summed E-state index contributed by atoms with van der Waals surface area (Å²) in [6.07, 6.45) is 0. The molecule has 0 bridgehead atoms. The molecule has 0 aliphatic carbocycles. The molecule has 160 valence electrons. The van der Waals surface area contributed by atoms with E-state index < -0.39 is 0 Å². The Morgan fingerprint density at radius 1 is 0.967 bits per heavy atom. The van der Waals surface area contributed by atoms with E-state index in [2.05, 4.69) is 15.1 Å². The van der Waals surface area contributed by atoms with Crippen LogP contribution in [0, 0.1) is 0 Å². The molecule has 1 saturated heterocycles. The van der Waals surface area contributed by atoms with Crippen LogP contribution in [-0.2, 0) is 16.1 Å². The summed E-state index contributed by atoms with van der Waals surface area (Å²) in [6.45, 7) is 6.62. The molecule has 0 radical (unpaired) electrons. The van der Waals surface area contributed by atoms with E-state index in [1.54, 1.807) is 31.2 Å². The van der Waals surface area contributed by atoms with Crippen LogP contribution in [0.3, 0.4) is 0 Å². The Kier molecular flexibility index (Phi) is 8.10. The van der Waals surface area contributed by atoms with Crippen molar-refractivity contribution in [1.82, 2.24) is 9.80 Å². The van der Waals surface area contributed by atoms with Gasteiger partial charge in [0.05, 0.1) is 28.8 Å². The van der Waals surface area contributed by atoms with E-state index in [0.29, 0.717) is 34.4 Å². The molecule has 1 fully saturated rings. The van der Waals surface area contributed by atoms with Gasteiger partial charge in [0.2, 0.25) is 5.91 Å². The Labute approximate surface area is 186 Å². The second-order valence-electron chi connectivity index (χ2n) is 7.15. The predicted octanol–water partition coefficient (Wildman–Crippen LogP) is 3.93. The van der Waals surface area contributed by atoms with Crippen molar-refractivity contribution in [2.45, 2.75) is 13.5 Å². The number of amides is 1. The second kappa shape index (κ2) is 10.8. The van der Waals surface area contributed by atoms with Crippen LogP contribution in [-0.4, -0.2) is 61.0 Å². The lowest BCUT2D eigenvalue weighted by molar-refractivity contribution is -0.117. The minimum Gasteiger partial charge on any atom is -0.462 e. The number of anilines is 1. The summed E-state index contributed by atoms with van der Waals surface area (Å²) < 4.78 is 4.96. The number of ether oxygens (including phenoxy) is 1. The summed E-state index contributed by atoms with van der Waals surface area (Å²) in [7, 11) is 0. The van der Waals surface area contributed by atoms with Crippen molar-refractivity contribution in [2.24, 2.45) is 0 Å². The zero-order valence-corrected chi connectivity index (χ0v) is 18.4. The Bertz CT molecular complexity index is 882. The largest absolute Gasteiger partial charge is 0.462 e. The number of esters is 1. The molecule has 2 aromatic rings. The van der Waals surface area contributed by atoms with Crippen LogP contribution >= 0.6 is 23.2 Å². The summed E-state index contributed by atoms with van der Waals surface area (Å²) in [5.41, 5.74) is 2.25. The Morgan fingerprint density at radius 2 is 1.63 bits per heavy atom. The van der Waals surface area contributed by atoms with Crippen molar-refractivity contribution in [3.05, 3.63) is 63.6 Å². The van der Waals surface area contributed by atoms with Crippen LogP contribution in [0.1, 0.15) is 22.8 Å². The van der Waals surface area contributed by atoms with Gasteiger partial charge in [-0.2, -0.15) is 0 Å². The quantitative estimate of drug-likeness (QED) is 0.648. The van der Waals surface area contributed by atoms with Gasteiger partial charge in [0, 0.05) is 38.4 Å². The molecular weight excluding hydrogens is 425 g/mol. The third-order valence-electron chi connectivity index (χ3n) is 4.90. The Morgan fingerprint density at radius 3 is 2.27 bits per heavy atom. The number of carbonyl (C=O) groups is 2. The van der Waals surface area contributed by atoms with E-state index in [0.717, 1.165) is 38.3 Å². The van der Waals surface area contributed by atoms with Gasteiger partial charge in [-0.3, -0.25) is 14.6 Å². The minimum atomic E-state index is -0.367. The smallest absolute Gasteiger partial charge is 0.338 e. The predicted molar refractivity (Wildman–Crippen MR) is 119 cm³/mol. The second-order valence-corrected chi connectivity index (χ2v) is 7.96. The van der Waals surface area contributed by atoms with Crippen LogP contribution in [0.2, 0.25) is 10.0 Å². The van der Waals surface area contributed by atoms with Gasteiger partial charge in [-0.25, -0.2) is 4.79 Å². The number of carbonyl (C=O) groups excluding carboxylic acids is 2. The summed E-state index contributed by atoms with van der Waals surface area (Å²) in [4.78, 5) is 28.5. The number of nitrogens with one attached hydrogen (secondary N) is 1. The van der Waals surface area contributed by atoms with Gasteiger partial charge >= 0.3 is 5.97 Å². The van der Waals surface area contributed by atoms with Crippen LogP contribution in [0.15, 0.2) is 42.5 Å². The Balaban J connectivity index is 1.42. The maximum Gasteiger partial charge on any atom is 0.338 e. The van der Waals surface area contributed by atoms with Crippen LogP contribution in [0.4, 0.5) is 5.69 Å². The van der Waals surface area contributed by atoms with Crippen LogP contribution in [0.5, 0.6) is 0 Å². The number of nitrogens with zero attached hydrogens (tertiary/aromatic N) is 2. The van der Waals surface area contributed by atoms with Crippen molar-refractivity contribution in [3.63, 3.8) is 0 Å². The average molecular weight is 450 g/mol. The molecule has 6 nitrogen and oxygen atoms in total. The van der Waals surface area contributed by atoms with E-state index >= 15 is 0 Å². The molecule has 3 rings (SSSR count). The number of rotatable bonds is 7. The highest BCUT2D eigenvalue weighted by molar-refractivity contribution is 6.42. The molecule has 30 heavy (non-hydrogen) atoms. The normalized spacial score (nSPS) is 15.0. The zero-order valence-electron chi connectivity index (χ0n) is 16.9. The average Bonchev–Trinajstić information content (AvgIpc) is 2.73. The van der Waals surface area contributed by atoms with Gasteiger partial charge in [-0.05, 0) is 48.9 Å². The highest BCUT2D eigenvalue weighted by Gasteiger charge is 2.19. The van der Waals surface area contributed by atoms with E-state index in [1.807, 2.05) is 18.2 Å². The first-order valence-electron chi connectivity index (χ1n) is 9.90. The topological polar surface area (TPSA) is 61.9 Å². The lowest BCUT2D eigenvalue weighted by Crippen LogP contribution is -2.48. The number of piperazine rings is 1. The summed E-state index contributed by atoms with van der Waals surface area (Å²) in [6, 6.07) is 12.4. The highest BCUT2D eigenvalue weighted by Crippen LogP contribution is 2.23. The first kappa shape index (κ1) is 22.6. The highest BCUT2D eigenvalue weighted by atomic mass is 35.5. The van der Waals surface area contributed by atoms with Gasteiger partial charge in [0.1, 0.15) is 0 Å². The fraction of sp³-hybridized carbons (Fsp3) is 0.364. The van der Waals surface area contributed by atoms with Crippen LogP contribution in [0.25, 0.3) is 0 Å². The standard InChI is InChI=1S/C22H25Cl2N3O3/c1-2-30-22(29)17-4-6-18(7-5-17)25-21(28)15-27-11-9-26(10-12-27)14-16-3-8-19(23)20(24)13-16/h3-8,13H,2,9-12,14-15H2,1H3,(H,25,28). The third-order valence-corrected chi connectivity index (χ3v) is 5.64. The minimum absolute atomic E-state index is 0.0724. The van der Waals surface area contributed by atoms with Crippen molar-refractivity contribution in [3.8, 4) is 0 Å². The molecule has 1 amide bonds. The monoisotopic (exact) mass is 449 g/mol. The SMILES string of the molecule is CCOC(=O)c1ccc(NC(=O)CN2CCN(Cc3ccc(Cl)c(Cl)c3)CC2)cc1. The van der Waals surface area contributed by atoms with Gasteiger partial charge < -0.3 is 10.1 Å². The first-order valence-corrected chi connectivity index (χ1v) is 10.7. The Hall–Kier alpha value is -2.12. The zero-order chi connectivity index (χ0) is 21.5. The lowest BCUT2D eigenvalue weighted by atomic mass is 10.2. The molecule has 1 N–H and O–H groups in total. The molecule has 8 heteroatoms. The maximum absolute atomic E-state index is 12.4. The van der Waals surface area contributed by atoms with Gasteiger partial charge in [0.25, 0.3) is 0 Å². The van der Waals surface area contributed by atoms with Crippen molar-refractivity contribution < 1.29 is 14.3 Å². The fourth-order valence-corrected chi connectivity index (χ4v) is 3.63. The summed E-state index contributed by atoms with van der Waals surface area (Å²) >= 11 is 12.1. The number of benzene rings is 2. The number of hydrogen-bond acceptors (Lipinski definition) is 5. The van der Waals surface area contributed by atoms with Gasteiger partial charge in [-0.1, -0.05) is 29.3 Å². The number of hydrogen-bond donors (Lipinski definition) is 1. The fourth-order valence-electron chi connectivity index (χ4n) is 3.31. The van der Waals surface area contributed by atoms with Crippen LogP contribution < -0.4 is 5.32 Å². The number of halogens is 2. The molecule has 0 atom stereocenters. The van der Waals surface area contributed by atoms with Crippen molar-refractivity contribution in [1.29, 1.82) is 0 Å².